The molecule has 0 spiro atoms. The summed E-state index contributed by atoms with van der Waals surface area (Å²) in [6.07, 6.45) is 2.95. The average molecular weight is 368 g/mol. The van der Waals surface area contributed by atoms with E-state index in [4.69, 9.17) is 0 Å². The molecule has 1 aliphatic carbocycles. The first kappa shape index (κ1) is 20.9. The van der Waals surface area contributed by atoms with Gasteiger partial charge in [0.1, 0.15) is 5.82 Å². The van der Waals surface area contributed by atoms with Crippen molar-refractivity contribution in [1.29, 1.82) is 0 Å². The Kier molecular flexibility index (Phi) is 6.63. The number of aryl methyl sites for hydroxylation is 2. The Labute approximate surface area is 163 Å². The van der Waals surface area contributed by atoms with Gasteiger partial charge in [0.2, 0.25) is 0 Å². The molecule has 146 valence electrons. The van der Waals surface area contributed by atoms with E-state index in [1.807, 2.05) is 13.8 Å². The van der Waals surface area contributed by atoms with Crippen LogP contribution in [0.2, 0.25) is 0 Å². The summed E-state index contributed by atoms with van der Waals surface area (Å²) in [5, 5.41) is 6.56. The first-order chi connectivity index (χ1) is 12.7. The summed E-state index contributed by atoms with van der Waals surface area (Å²) in [5.74, 6) is 0.670. The minimum atomic E-state index is -0.0611. The number of amides is 1. The number of rotatable bonds is 8. The lowest BCUT2D eigenvalue weighted by Gasteiger charge is -2.20. The Morgan fingerprint density at radius 1 is 1.22 bits per heavy atom. The maximum Gasteiger partial charge on any atom is 0.251 e. The van der Waals surface area contributed by atoms with E-state index in [0.29, 0.717) is 12.1 Å². The standard InChI is InChI=1S/C23H33N3O/c1-8-19(21(24-7)26-23(6)11-12-23)20(15(2)3)22(27)25-14-18-10-9-16(4)17(5)13-18/h9-10,13,26H,7-8,11-12,14H2,1-6H3,(H,25,27)/b21-19-. The van der Waals surface area contributed by atoms with E-state index in [1.165, 1.54) is 11.1 Å². The van der Waals surface area contributed by atoms with Gasteiger partial charge in [-0.25, -0.2) is 4.99 Å². The van der Waals surface area contributed by atoms with Crippen molar-refractivity contribution in [3.63, 3.8) is 0 Å². The van der Waals surface area contributed by atoms with Crippen LogP contribution in [0.1, 0.15) is 63.6 Å². The van der Waals surface area contributed by atoms with Crippen molar-refractivity contribution in [2.45, 2.75) is 72.9 Å². The van der Waals surface area contributed by atoms with Gasteiger partial charge in [-0.2, -0.15) is 0 Å². The van der Waals surface area contributed by atoms with E-state index in [9.17, 15) is 4.79 Å². The minimum Gasteiger partial charge on any atom is -0.365 e. The van der Waals surface area contributed by atoms with Crippen LogP contribution in [0.4, 0.5) is 0 Å². The van der Waals surface area contributed by atoms with Gasteiger partial charge in [0, 0.05) is 23.2 Å². The second kappa shape index (κ2) is 8.55. The van der Waals surface area contributed by atoms with Gasteiger partial charge in [0.25, 0.3) is 5.91 Å². The molecule has 4 heteroatoms. The van der Waals surface area contributed by atoms with E-state index in [1.54, 1.807) is 0 Å². The molecule has 0 bridgehead atoms. The molecule has 2 rings (SSSR count). The molecular formula is C23H33N3O. The number of hydrogen-bond acceptors (Lipinski definition) is 3. The number of aliphatic imine (C=N–C) groups is 1. The predicted octanol–water partition coefficient (Wildman–Crippen LogP) is 4.72. The third-order valence-electron chi connectivity index (χ3n) is 5.27. The normalized spacial score (nSPS) is 15.5. The number of hydrogen-bond donors (Lipinski definition) is 2. The average Bonchev–Trinajstić information content (AvgIpc) is 3.35. The van der Waals surface area contributed by atoms with Crippen molar-refractivity contribution in [3.8, 4) is 0 Å². The van der Waals surface area contributed by atoms with Crippen LogP contribution < -0.4 is 10.6 Å². The number of carbonyl (C=O) groups is 1. The van der Waals surface area contributed by atoms with Crippen molar-refractivity contribution in [2.75, 3.05) is 0 Å². The predicted molar refractivity (Wildman–Crippen MR) is 114 cm³/mol. The SMILES string of the molecule is C=N/C(NC1(C)CC1)=C(\CC)C(C(=O)NCc1ccc(C)c(C)c1)=C(C)C. The monoisotopic (exact) mass is 367 g/mol. The molecule has 0 aromatic heterocycles. The second-order valence-corrected chi connectivity index (χ2v) is 8.00. The molecule has 0 aliphatic heterocycles. The van der Waals surface area contributed by atoms with Crippen molar-refractivity contribution >= 4 is 12.6 Å². The fourth-order valence-corrected chi connectivity index (χ4v) is 3.12. The van der Waals surface area contributed by atoms with Crippen LogP contribution >= 0.6 is 0 Å². The van der Waals surface area contributed by atoms with Gasteiger partial charge in [0.05, 0.1) is 0 Å². The fourth-order valence-electron chi connectivity index (χ4n) is 3.12. The molecule has 0 radical (unpaired) electrons. The third kappa shape index (κ3) is 5.31. The lowest BCUT2D eigenvalue weighted by molar-refractivity contribution is -0.117. The Hall–Kier alpha value is -2.36. The maximum absolute atomic E-state index is 13.0. The largest absolute Gasteiger partial charge is 0.365 e. The second-order valence-electron chi connectivity index (χ2n) is 8.00. The summed E-state index contributed by atoms with van der Waals surface area (Å²) in [6, 6.07) is 6.28. The van der Waals surface area contributed by atoms with E-state index >= 15 is 0 Å². The molecule has 1 aromatic carbocycles. The van der Waals surface area contributed by atoms with Crippen LogP contribution in [0, 0.1) is 13.8 Å². The highest BCUT2D eigenvalue weighted by Gasteiger charge is 2.38. The van der Waals surface area contributed by atoms with Crippen LogP contribution in [0.15, 0.2) is 45.7 Å². The number of nitrogens with zero attached hydrogens (tertiary/aromatic N) is 1. The van der Waals surface area contributed by atoms with Crippen LogP contribution in [-0.2, 0) is 11.3 Å². The van der Waals surface area contributed by atoms with Crippen LogP contribution in [-0.4, -0.2) is 18.2 Å². The van der Waals surface area contributed by atoms with Gasteiger partial charge < -0.3 is 10.6 Å². The maximum atomic E-state index is 13.0. The van der Waals surface area contributed by atoms with E-state index in [0.717, 1.165) is 41.8 Å². The summed E-state index contributed by atoms with van der Waals surface area (Å²) in [4.78, 5) is 17.2. The topological polar surface area (TPSA) is 53.5 Å². The highest BCUT2D eigenvalue weighted by molar-refractivity contribution is 5.98. The zero-order valence-corrected chi connectivity index (χ0v) is 17.6. The van der Waals surface area contributed by atoms with Gasteiger partial charge in [-0.05, 0) is 77.3 Å². The van der Waals surface area contributed by atoms with E-state index < -0.39 is 0 Å². The first-order valence-electron chi connectivity index (χ1n) is 9.71. The summed E-state index contributed by atoms with van der Waals surface area (Å²) >= 11 is 0. The molecule has 0 atom stereocenters. The summed E-state index contributed by atoms with van der Waals surface area (Å²) in [5.41, 5.74) is 6.29. The van der Waals surface area contributed by atoms with Crippen molar-refractivity contribution in [2.24, 2.45) is 4.99 Å². The van der Waals surface area contributed by atoms with Crippen LogP contribution in [0.3, 0.4) is 0 Å². The van der Waals surface area contributed by atoms with E-state index in [-0.39, 0.29) is 11.4 Å². The summed E-state index contributed by atoms with van der Waals surface area (Å²) in [7, 11) is 0. The smallest absolute Gasteiger partial charge is 0.251 e. The third-order valence-corrected chi connectivity index (χ3v) is 5.27. The number of carbonyl (C=O) groups excluding carboxylic acids is 1. The minimum absolute atomic E-state index is 0.0611. The van der Waals surface area contributed by atoms with Crippen molar-refractivity contribution in [3.05, 3.63) is 57.4 Å². The van der Waals surface area contributed by atoms with Crippen molar-refractivity contribution in [1.82, 2.24) is 10.6 Å². The van der Waals surface area contributed by atoms with Gasteiger partial charge in [0.15, 0.2) is 0 Å². The molecule has 1 aliphatic rings. The number of nitrogens with one attached hydrogen (secondary N) is 2. The molecule has 2 N–H and O–H groups in total. The molecule has 4 nitrogen and oxygen atoms in total. The van der Waals surface area contributed by atoms with E-state index in [2.05, 4.69) is 68.2 Å². The highest BCUT2D eigenvalue weighted by Crippen LogP contribution is 2.36. The number of benzene rings is 1. The molecule has 0 heterocycles. The van der Waals surface area contributed by atoms with Gasteiger partial charge >= 0.3 is 0 Å². The Balaban J connectivity index is 2.23. The molecule has 0 saturated heterocycles. The first-order valence-corrected chi connectivity index (χ1v) is 9.71. The Morgan fingerprint density at radius 3 is 2.37 bits per heavy atom. The lowest BCUT2D eigenvalue weighted by Crippen LogP contribution is -2.30. The summed E-state index contributed by atoms with van der Waals surface area (Å²) in [6.45, 7) is 16.6. The molecule has 1 fully saturated rings. The fraction of sp³-hybridized carbons (Fsp3) is 0.478. The van der Waals surface area contributed by atoms with Crippen molar-refractivity contribution < 1.29 is 4.79 Å². The quantitative estimate of drug-likeness (QED) is 0.397. The molecule has 1 saturated carbocycles. The zero-order valence-electron chi connectivity index (χ0n) is 17.6. The van der Waals surface area contributed by atoms with Gasteiger partial charge in [-0.1, -0.05) is 30.7 Å². The Morgan fingerprint density at radius 2 is 1.89 bits per heavy atom. The Bertz CT molecular complexity index is 794. The highest BCUT2D eigenvalue weighted by atomic mass is 16.1. The lowest BCUT2D eigenvalue weighted by atomic mass is 9.97. The molecule has 0 unspecified atom stereocenters. The zero-order chi connectivity index (χ0) is 20.2. The van der Waals surface area contributed by atoms with Crippen LogP contribution in [0.5, 0.6) is 0 Å². The number of allylic oxidation sites excluding steroid dienone is 1. The molecular weight excluding hydrogens is 334 g/mol. The van der Waals surface area contributed by atoms with Crippen LogP contribution in [0.25, 0.3) is 0 Å². The van der Waals surface area contributed by atoms with Gasteiger partial charge in [-0.3, -0.25) is 4.79 Å². The molecule has 27 heavy (non-hydrogen) atoms. The van der Waals surface area contributed by atoms with Gasteiger partial charge in [-0.15, -0.1) is 0 Å². The molecule has 1 aromatic rings. The molecule has 1 amide bonds. The summed E-state index contributed by atoms with van der Waals surface area (Å²) < 4.78 is 0.